The van der Waals surface area contributed by atoms with Crippen molar-refractivity contribution in [3.63, 3.8) is 0 Å². The second-order valence-corrected chi connectivity index (χ2v) is 5.43. The summed E-state index contributed by atoms with van der Waals surface area (Å²) >= 11 is 12.1. The van der Waals surface area contributed by atoms with Gasteiger partial charge in [-0.2, -0.15) is 0 Å². The summed E-state index contributed by atoms with van der Waals surface area (Å²) in [7, 11) is 3.59. The van der Waals surface area contributed by atoms with Crippen LogP contribution >= 0.6 is 23.2 Å². The predicted molar refractivity (Wildman–Crippen MR) is 85.0 cm³/mol. The summed E-state index contributed by atoms with van der Waals surface area (Å²) in [6.45, 7) is 0. The standard InChI is InChI=1S/C16H17Cl2NO/c1-19-15(9-11-4-3-5-12(17)8-11)14-10-13(18)6-7-16(14)20-2/h3-8,10,15,19H,9H2,1-2H3. The Labute approximate surface area is 129 Å². The number of hydrogen-bond acceptors (Lipinski definition) is 2. The molecule has 2 nitrogen and oxygen atoms in total. The molecule has 0 aromatic heterocycles. The van der Waals surface area contributed by atoms with Crippen LogP contribution in [-0.4, -0.2) is 14.2 Å². The lowest BCUT2D eigenvalue weighted by molar-refractivity contribution is 0.401. The normalized spacial score (nSPS) is 12.2. The van der Waals surface area contributed by atoms with Crippen molar-refractivity contribution >= 4 is 23.2 Å². The summed E-state index contributed by atoms with van der Waals surface area (Å²) in [5, 5.41) is 4.75. The minimum Gasteiger partial charge on any atom is -0.496 e. The van der Waals surface area contributed by atoms with Gasteiger partial charge in [0.25, 0.3) is 0 Å². The molecule has 1 atom stereocenters. The molecule has 0 bridgehead atoms. The van der Waals surface area contributed by atoms with Crippen molar-refractivity contribution in [2.24, 2.45) is 0 Å². The maximum absolute atomic E-state index is 6.10. The summed E-state index contributed by atoms with van der Waals surface area (Å²) in [6, 6.07) is 13.6. The van der Waals surface area contributed by atoms with Crippen LogP contribution in [0, 0.1) is 0 Å². The van der Waals surface area contributed by atoms with Gasteiger partial charge in [0.15, 0.2) is 0 Å². The number of ether oxygens (including phenoxy) is 1. The van der Waals surface area contributed by atoms with E-state index < -0.39 is 0 Å². The van der Waals surface area contributed by atoms with E-state index in [2.05, 4.69) is 11.4 Å². The Hall–Kier alpha value is -1.22. The quantitative estimate of drug-likeness (QED) is 0.877. The second kappa shape index (κ2) is 6.98. The van der Waals surface area contributed by atoms with Crippen molar-refractivity contribution in [1.82, 2.24) is 5.32 Å². The average Bonchev–Trinajstić information content (AvgIpc) is 2.45. The molecule has 0 saturated heterocycles. The Kier molecular flexibility index (Phi) is 5.30. The Morgan fingerprint density at radius 1 is 1.10 bits per heavy atom. The summed E-state index contributed by atoms with van der Waals surface area (Å²) in [4.78, 5) is 0. The summed E-state index contributed by atoms with van der Waals surface area (Å²) in [5.41, 5.74) is 2.21. The zero-order valence-electron chi connectivity index (χ0n) is 11.5. The van der Waals surface area contributed by atoms with E-state index in [-0.39, 0.29) is 6.04 Å². The molecule has 2 aromatic rings. The van der Waals surface area contributed by atoms with Gasteiger partial charge >= 0.3 is 0 Å². The number of methoxy groups -OCH3 is 1. The van der Waals surface area contributed by atoms with E-state index in [0.29, 0.717) is 5.02 Å². The van der Waals surface area contributed by atoms with Gasteiger partial charge in [-0.15, -0.1) is 0 Å². The maximum atomic E-state index is 6.10. The van der Waals surface area contributed by atoms with Crippen LogP contribution in [0.1, 0.15) is 17.2 Å². The van der Waals surface area contributed by atoms with Crippen molar-refractivity contribution in [2.45, 2.75) is 12.5 Å². The van der Waals surface area contributed by atoms with E-state index in [0.717, 1.165) is 22.8 Å². The molecule has 0 aliphatic heterocycles. The van der Waals surface area contributed by atoms with Crippen molar-refractivity contribution in [1.29, 1.82) is 0 Å². The fraction of sp³-hybridized carbons (Fsp3) is 0.250. The lowest BCUT2D eigenvalue weighted by atomic mass is 9.98. The van der Waals surface area contributed by atoms with Gasteiger partial charge in [-0.3, -0.25) is 0 Å². The molecule has 20 heavy (non-hydrogen) atoms. The molecule has 0 spiro atoms. The third kappa shape index (κ3) is 3.66. The highest BCUT2D eigenvalue weighted by Gasteiger charge is 2.15. The summed E-state index contributed by atoms with van der Waals surface area (Å²) in [5.74, 6) is 0.829. The molecule has 0 saturated carbocycles. The fourth-order valence-corrected chi connectivity index (χ4v) is 2.64. The maximum Gasteiger partial charge on any atom is 0.123 e. The van der Waals surface area contributed by atoms with Crippen molar-refractivity contribution < 1.29 is 4.74 Å². The molecule has 0 amide bonds. The van der Waals surface area contributed by atoms with Crippen LogP contribution in [0.5, 0.6) is 5.75 Å². The highest BCUT2D eigenvalue weighted by Crippen LogP contribution is 2.30. The van der Waals surface area contributed by atoms with E-state index in [9.17, 15) is 0 Å². The first-order chi connectivity index (χ1) is 9.63. The minimum absolute atomic E-state index is 0.113. The van der Waals surface area contributed by atoms with E-state index in [4.69, 9.17) is 27.9 Å². The van der Waals surface area contributed by atoms with Gasteiger partial charge in [0.05, 0.1) is 7.11 Å². The van der Waals surface area contributed by atoms with Gasteiger partial charge < -0.3 is 10.1 Å². The first-order valence-corrected chi connectivity index (χ1v) is 7.14. The number of rotatable bonds is 5. The molecule has 0 aliphatic rings. The zero-order chi connectivity index (χ0) is 14.5. The lowest BCUT2D eigenvalue weighted by Gasteiger charge is -2.20. The van der Waals surface area contributed by atoms with Gasteiger partial charge in [-0.25, -0.2) is 0 Å². The molecule has 1 unspecified atom stereocenters. The van der Waals surface area contributed by atoms with Crippen LogP contribution in [0.15, 0.2) is 42.5 Å². The molecule has 0 fully saturated rings. The lowest BCUT2D eigenvalue weighted by Crippen LogP contribution is -2.19. The van der Waals surface area contributed by atoms with Gasteiger partial charge in [0.1, 0.15) is 5.75 Å². The molecule has 0 aliphatic carbocycles. The Morgan fingerprint density at radius 2 is 1.85 bits per heavy atom. The van der Waals surface area contributed by atoms with E-state index in [1.807, 2.05) is 43.4 Å². The van der Waals surface area contributed by atoms with Crippen molar-refractivity contribution in [3.05, 3.63) is 63.6 Å². The van der Waals surface area contributed by atoms with E-state index in [1.165, 1.54) is 5.56 Å². The van der Waals surface area contributed by atoms with Gasteiger partial charge in [-0.05, 0) is 49.4 Å². The van der Waals surface area contributed by atoms with Gasteiger partial charge in [0.2, 0.25) is 0 Å². The Balaban J connectivity index is 2.30. The zero-order valence-corrected chi connectivity index (χ0v) is 13.0. The molecule has 1 N–H and O–H groups in total. The van der Waals surface area contributed by atoms with E-state index in [1.54, 1.807) is 7.11 Å². The number of hydrogen-bond donors (Lipinski definition) is 1. The summed E-state index contributed by atoms with van der Waals surface area (Å²) in [6.07, 6.45) is 0.813. The predicted octanol–water partition coefficient (Wildman–Crippen LogP) is 4.51. The smallest absolute Gasteiger partial charge is 0.123 e. The molecule has 2 rings (SSSR count). The van der Waals surface area contributed by atoms with Crippen molar-refractivity contribution in [3.8, 4) is 5.75 Å². The third-order valence-electron chi connectivity index (χ3n) is 3.24. The van der Waals surface area contributed by atoms with Crippen LogP contribution in [0.4, 0.5) is 0 Å². The van der Waals surface area contributed by atoms with E-state index >= 15 is 0 Å². The number of benzene rings is 2. The van der Waals surface area contributed by atoms with Gasteiger partial charge in [0, 0.05) is 21.7 Å². The Morgan fingerprint density at radius 3 is 2.50 bits per heavy atom. The highest BCUT2D eigenvalue weighted by molar-refractivity contribution is 6.31. The van der Waals surface area contributed by atoms with Crippen LogP contribution in [-0.2, 0) is 6.42 Å². The summed E-state index contributed by atoms with van der Waals surface area (Å²) < 4.78 is 5.42. The van der Waals surface area contributed by atoms with Gasteiger partial charge in [-0.1, -0.05) is 35.3 Å². The van der Waals surface area contributed by atoms with Crippen LogP contribution in [0.25, 0.3) is 0 Å². The molecular weight excluding hydrogens is 293 g/mol. The Bertz CT molecular complexity index is 586. The molecule has 0 heterocycles. The topological polar surface area (TPSA) is 21.3 Å². The van der Waals surface area contributed by atoms with Crippen LogP contribution < -0.4 is 10.1 Å². The number of halogens is 2. The van der Waals surface area contributed by atoms with Crippen LogP contribution in [0.2, 0.25) is 10.0 Å². The largest absolute Gasteiger partial charge is 0.496 e. The molecule has 2 aromatic carbocycles. The number of nitrogens with one attached hydrogen (secondary N) is 1. The monoisotopic (exact) mass is 309 g/mol. The highest BCUT2D eigenvalue weighted by atomic mass is 35.5. The SMILES string of the molecule is CNC(Cc1cccc(Cl)c1)c1cc(Cl)ccc1OC. The third-order valence-corrected chi connectivity index (χ3v) is 3.71. The fourth-order valence-electron chi connectivity index (χ4n) is 2.24. The average molecular weight is 310 g/mol. The number of likely N-dealkylation sites (N-methyl/N-ethyl adjacent to an activating group) is 1. The first-order valence-electron chi connectivity index (χ1n) is 6.39. The van der Waals surface area contributed by atoms with Crippen LogP contribution in [0.3, 0.4) is 0 Å². The minimum atomic E-state index is 0.113. The molecule has 0 radical (unpaired) electrons. The molecule has 106 valence electrons. The van der Waals surface area contributed by atoms with Crippen molar-refractivity contribution in [2.75, 3.05) is 14.2 Å². The molecular formula is C16H17Cl2NO. The second-order valence-electron chi connectivity index (χ2n) is 4.56. The first kappa shape index (κ1) is 15.2. The molecule has 4 heteroatoms.